The van der Waals surface area contributed by atoms with Gasteiger partial charge in [-0.1, -0.05) is 146 Å². The van der Waals surface area contributed by atoms with Crippen LogP contribution in [0.1, 0.15) is 168 Å². The first-order valence-corrected chi connectivity index (χ1v) is 23.6. The molecule has 0 aliphatic heterocycles. The predicted octanol–water partition coefficient (Wildman–Crippen LogP) is 11.6. The van der Waals surface area contributed by atoms with Gasteiger partial charge in [-0.25, -0.2) is 0 Å². The Morgan fingerprint density at radius 2 is 1.16 bits per heavy atom. The van der Waals surface area contributed by atoms with E-state index in [-0.39, 0.29) is 38.3 Å². The van der Waals surface area contributed by atoms with Crippen molar-refractivity contribution in [1.82, 2.24) is 0 Å². The van der Waals surface area contributed by atoms with Gasteiger partial charge in [-0.3, -0.25) is 9.36 Å². The van der Waals surface area contributed by atoms with Crippen LogP contribution >= 0.6 is 7.82 Å². The second-order valence-corrected chi connectivity index (χ2v) is 17.3. The normalized spacial score (nSPS) is 14.8. The highest BCUT2D eigenvalue weighted by molar-refractivity contribution is 7.45. The molecule has 0 radical (unpaired) electrons. The number of quaternary nitrogens is 1. The molecule has 0 aliphatic rings. The van der Waals surface area contributed by atoms with Crippen LogP contribution in [0.25, 0.3) is 0 Å². The molecular weight excluding hydrogens is 725 g/mol. The molecule has 0 spiro atoms. The Bertz CT molecular complexity index is 1100. The number of aliphatic hydroxyl groups excluding tert-OH is 1. The molecule has 326 valence electrons. The van der Waals surface area contributed by atoms with Gasteiger partial charge < -0.3 is 33.0 Å². The molecule has 0 aromatic heterocycles. The summed E-state index contributed by atoms with van der Waals surface area (Å²) in [6, 6.07) is 0. The number of aliphatic hydroxyl groups is 1. The van der Waals surface area contributed by atoms with Crippen molar-refractivity contribution in [2.24, 2.45) is 0 Å². The molecule has 3 atom stereocenters. The number of allylic oxidation sites excluding steroid dienone is 9. The maximum Gasteiger partial charge on any atom is 0.305 e. The number of likely N-dealkylation sites (N-methyl/N-ethyl adjacent to an activating group) is 1. The van der Waals surface area contributed by atoms with Crippen LogP contribution in [0, 0.1) is 0 Å². The highest BCUT2D eigenvalue weighted by atomic mass is 31.2. The fourth-order valence-corrected chi connectivity index (χ4v) is 6.35. The number of rotatable bonds is 40. The Hall–Kier alpha value is -2.00. The first-order chi connectivity index (χ1) is 27.0. The summed E-state index contributed by atoms with van der Waals surface area (Å²) in [5.74, 6) is -0.358. The second kappa shape index (κ2) is 38.5. The maximum atomic E-state index is 12.5. The Kier molecular flexibility index (Phi) is 37.1. The van der Waals surface area contributed by atoms with Crippen molar-refractivity contribution in [3.63, 3.8) is 0 Å². The molecule has 1 N–H and O–H groups in total. The summed E-state index contributed by atoms with van der Waals surface area (Å²) < 4.78 is 34.3. The highest BCUT2D eigenvalue weighted by Gasteiger charge is 2.19. The molecule has 0 fully saturated rings. The molecule has 9 nitrogen and oxygen atoms in total. The van der Waals surface area contributed by atoms with Crippen molar-refractivity contribution in [2.45, 2.75) is 180 Å². The topological polar surface area (TPSA) is 114 Å². The third-order valence-electron chi connectivity index (χ3n) is 9.32. The molecule has 0 amide bonds. The van der Waals surface area contributed by atoms with Crippen LogP contribution in [-0.4, -0.2) is 75.3 Å². The zero-order valence-corrected chi connectivity index (χ0v) is 37.3. The van der Waals surface area contributed by atoms with Crippen LogP contribution in [0.5, 0.6) is 0 Å². The van der Waals surface area contributed by atoms with E-state index >= 15 is 0 Å². The van der Waals surface area contributed by atoms with Crippen molar-refractivity contribution >= 4 is 13.8 Å². The van der Waals surface area contributed by atoms with E-state index in [9.17, 15) is 19.4 Å². The Morgan fingerprint density at radius 1 is 0.661 bits per heavy atom. The third kappa shape index (κ3) is 41.6. The number of carbonyl (C=O) groups is 1. The predicted molar refractivity (Wildman–Crippen MR) is 232 cm³/mol. The summed E-state index contributed by atoms with van der Waals surface area (Å²) in [6.45, 7) is 4.35. The minimum Gasteiger partial charge on any atom is -0.756 e. The van der Waals surface area contributed by atoms with E-state index in [1.54, 1.807) is 6.26 Å². The van der Waals surface area contributed by atoms with Gasteiger partial charge in [-0.05, 0) is 70.3 Å². The third-order valence-corrected chi connectivity index (χ3v) is 10.3. The number of nitrogens with zero attached hydrogens (tertiary/aromatic N) is 1. The second-order valence-electron chi connectivity index (χ2n) is 15.9. The van der Waals surface area contributed by atoms with Crippen LogP contribution in [0.15, 0.2) is 60.9 Å². The van der Waals surface area contributed by atoms with E-state index in [4.69, 9.17) is 18.5 Å². The molecule has 1 unspecified atom stereocenters. The summed E-state index contributed by atoms with van der Waals surface area (Å²) >= 11 is 0. The summed E-state index contributed by atoms with van der Waals surface area (Å²) in [7, 11) is 1.31. The molecule has 0 aromatic carbocycles. The molecule has 0 bridgehead atoms. The lowest BCUT2D eigenvalue weighted by Gasteiger charge is -2.28. The minimum atomic E-state index is -4.54. The van der Waals surface area contributed by atoms with Gasteiger partial charge in [0, 0.05) is 6.42 Å². The van der Waals surface area contributed by atoms with Crippen LogP contribution in [0.3, 0.4) is 0 Å². The quantitative estimate of drug-likeness (QED) is 0.0162. The molecular formula is C46H84NO8P. The largest absolute Gasteiger partial charge is 0.756 e. The maximum absolute atomic E-state index is 12.5. The lowest BCUT2D eigenvalue weighted by molar-refractivity contribution is -0.870. The number of esters is 1. The minimum absolute atomic E-state index is 0.0113. The smallest absolute Gasteiger partial charge is 0.305 e. The van der Waals surface area contributed by atoms with Gasteiger partial charge in [0.15, 0.2) is 6.10 Å². The van der Waals surface area contributed by atoms with Gasteiger partial charge in [-0.15, -0.1) is 0 Å². The van der Waals surface area contributed by atoms with Crippen LogP contribution < -0.4 is 4.89 Å². The molecule has 0 rings (SSSR count). The lowest BCUT2D eigenvalue weighted by Crippen LogP contribution is -2.37. The molecule has 10 heteroatoms. The molecule has 0 heterocycles. The molecule has 0 saturated carbocycles. The van der Waals surface area contributed by atoms with Gasteiger partial charge in [-0.2, -0.15) is 0 Å². The summed E-state index contributed by atoms with van der Waals surface area (Å²) in [5.41, 5.74) is 0. The Balaban J connectivity index is 4.39. The van der Waals surface area contributed by atoms with Crippen molar-refractivity contribution in [2.75, 3.05) is 47.5 Å². The van der Waals surface area contributed by atoms with Gasteiger partial charge >= 0.3 is 5.97 Å². The number of hydrogen-bond acceptors (Lipinski definition) is 8. The van der Waals surface area contributed by atoms with E-state index in [0.29, 0.717) is 17.4 Å². The van der Waals surface area contributed by atoms with Gasteiger partial charge in [0.2, 0.25) is 0 Å². The number of phosphoric ester groups is 1. The standard InChI is InChI=1S/C46H84NO8P/c1-6-8-9-10-11-12-13-14-15-18-21-24-27-30-33-36-40-52-45(43-55-56(50,51)54-41-39-47(3,4)5)42-53-46(49)38-35-32-29-26-23-20-17-16-19-22-25-28-31-34-37-44(48)7-2/h17,19-20,22,26,28-29,31,36,40,44-45,48H,6-16,18,21,23-25,27,30,32-35,37-39,41-43H2,1-5H3/b20-17-,22-19-,29-26-,31-28-,40-36+/t44-,45+/m0/s1. The van der Waals surface area contributed by atoms with Crippen LogP contribution in [0.4, 0.5) is 0 Å². The lowest BCUT2D eigenvalue weighted by atomic mass is 10.0. The van der Waals surface area contributed by atoms with Crippen molar-refractivity contribution in [3.8, 4) is 0 Å². The number of carbonyl (C=O) groups excluding carboxylic acids is 1. The molecule has 0 aliphatic carbocycles. The van der Waals surface area contributed by atoms with Gasteiger partial charge in [0.25, 0.3) is 7.82 Å². The fraction of sp³-hybridized carbons (Fsp3) is 0.761. The molecule has 0 saturated heterocycles. The molecule has 56 heavy (non-hydrogen) atoms. The van der Waals surface area contributed by atoms with E-state index in [0.717, 1.165) is 57.8 Å². The first-order valence-electron chi connectivity index (χ1n) is 22.1. The van der Waals surface area contributed by atoms with E-state index in [1.807, 2.05) is 34.1 Å². The number of unbranched alkanes of at least 4 members (excludes halogenated alkanes) is 15. The number of hydrogen-bond donors (Lipinski definition) is 1. The van der Waals surface area contributed by atoms with E-state index < -0.39 is 13.9 Å². The van der Waals surface area contributed by atoms with Crippen molar-refractivity contribution < 1.29 is 42.4 Å². The zero-order chi connectivity index (χ0) is 41.4. The Morgan fingerprint density at radius 3 is 1.70 bits per heavy atom. The van der Waals surface area contributed by atoms with Gasteiger partial charge in [0.05, 0.1) is 40.1 Å². The Labute approximate surface area is 343 Å². The first kappa shape index (κ1) is 54.0. The van der Waals surface area contributed by atoms with Gasteiger partial charge in [0.1, 0.15) is 19.8 Å². The highest BCUT2D eigenvalue weighted by Crippen LogP contribution is 2.38. The van der Waals surface area contributed by atoms with Crippen LogP contribution in [-0.2, 0) is 27.9 Å². The molecule has 0 aromatic rings. The monoisotopic (exact) mass is 810 g/mol. The average molecular weight is 810 g/mol. The number of ether oxygens (including phenoxy) is 2. The van der Waals surface area contributed by atoms with Crippen molar-refractivity contribution in [1.29, 1.82) is 0 Å². The number of phosphoric acid groups is 1. The summed E-state index contributed by atoms with van der Waals surface area (Å²) in [6.07, 6.45) is 45.7. The summed E-state index contributed by atoms with van der Waals surface area (Å²) in [4.78, 5) is 24.8. The summed E-state index contributed by atoms with van der Waals surface area (Å²) in [5, 5.41) is 9.56. The fourth-order valence-electron chi connectivity index (χ4n) is 5.62. The van der Waals surface area contributed by atoms with Crippen molar-refractivity contribution in [3.05, 3.63) is 60.9 Å². The van der Waals surface area contributed by atoms with Crippen LogP contribution in [0.2, 0.25) is 0 Å². The average Bonchev–Trinajstić information content (AvgIpc) is 3.15. The van der Waals surface area contributed by atoms with E-state index in [1.165, 1.54) is 83.5 Å². The zero-order valence-electron chi connectivity index (χ0n) is 36.4. The SMILES string of the molecule is CCCCCCCCCCCCCCCC/C=C/O[C@H](COC(=O)CCC/C=C\C/C=C\C/C=C\C/C=C\CC[C@@H](O)CC)COP(=O)([O-])OCC[N+](C)(C)C. The van der Waals surface area contributed by atoms with E-state index in [2.05, 4.69) is 55.5 Å².